The summed E-state index contributed by atoms with van der Waals surface area (Å²) < 4.78 is 5.73. The van der Waals surface area contributed by atoms with Gasteiger partial charge in [-0.15, -0.1) is 0 Å². The Kier molecular flexibility index (Phi) is 6.54. The summed E-state index contributed by atoms with van der Waals surface area (Å²) in [5.41, 5.74) is 1.02. The molecular formula is C17H26N2O. The van der Waals surface area contributed by atoms with Crippen LogP contribution in [0.15, 0.2) is 24.3 Å². The van der Waals surface area contributed by atoms with Gasteiger partial charge in [-0.2, -0.15) is 5.26 Å². The number of nitrogens with zero attached hydrogens (tertiary/aromatic N) is 1. The smallest absolute Gasteiger partial charge is 0.119 e. The van der Waals surface area contributed by atoms with Gasteiger partial charge in [0.25, 0.3) is 0 Å². The van der Waals surface area contributed by atoms with Crippen molar-refractivity contribution in [3.63, 3.8) is 0 Å². The standard InChI is InChI=1S/C17H26N2O/c1-14-6-8-16(9-7-14)20-12-15(2)19-11-5-10-17(3,4)13-18/h6-9,15,19H,5,10-12H2,1-4H3. The zero-order chi connectivity index (χ0) is 15.0. The summed E-state index contributed by atoms with van der Waals surface area (Å²) in [5, 5.41) is 12.4. The lowest BCUT2D eigenvalue weighted by atomic mass is 9.90. The average molecular weight is 274 g/mol. The lowest BCUT2D eigenvalue weighted by Gasteiger charge is -2.17. The van der Waals surface area contributed by atoms with Crippen molar-refractivity contribution in [2.75, 3.05) is 13.2 Å². The Morgan fingerprint density at radius 3 is 2.55 bits per heavy atom. The molecule has 0 aliphatic carbocycles. The van der Waals surface area contributed by atoms with Gasteiger partial charge >= 0.3 is 0 Å². The van der Waals surface area contributed by atoms with Crippen LogP contribution >= 0.6 is 0 Å². The lowest BCUT2D eigenvalue weighted by Crippen LogP contribution is -2.32. The van der Waals surface area contributed by atoms with E-state index in [0.29, 0.717) is 12.6 Å². The minimum absolute atomic E-state index is 0.219. The second-order valence-electron chi connectivity index (χ2n) is 6.08. The number of nitriles is 1. The van der Waals surface area contributed by atoms with Crippen molar-refractivity contribution in [1.82, 2.24) is 5.32 Å². The number of nitrogens with one attached hydrogen (secondary N) is 1. The Morgan fingerprint density at radius 2 is 1.95 bits per heavy atom. The summed E-state index contributed by atoms with van der Waals surface area (Å²) in [6.07, 6.45) is 1.93. The van der Waals surface area contributed by atoms with E-state index in [9.17, 15) is 0 Å². The van der Waals surface area contributed by atoms with Gasteiger partial charge in [0.2, 0.25) is 0 Å². The molecular weight excluding hydrogens is 248 g/mol. The van der Waals surface area contributed by atoms with E-state index in [4.69, 9.17) is 10.00 Å². The van der Waals surface area contributed by atoms with Crippen molar-refractivity contribution in [3.05, 3.63) is 29.8 Å². The van der Waals surface area contributed by atoms with Crippen molar-refractivity contribution in [2.24, 2.45) is 5.41 Å². The highest BCUT2D eigenvalue weighted by atomic mass is 16.5. The van der Waals surface area contributed by atoms with Crippen molar-refractivity contribution in [2.45, 2.75) is 46.6 Å². The highest BCUT2D eigenvalue weighted by molar-refractivity contribution is 5.26. The molecule has 0 fully saturated rings. The maximum Gasteiger partial charge on any atom is 0.119 e. The van der Waals surface area contributed by atoms with E-state index < -0.39 is 0 Å². The van der Waals surface area contributed by atoms with Gasteiger partial charge in [0.05, 0.1) is 11.5 Å². The molecule has 110 valence electrons. The van der Waals surface area contributed by atoms with Crippen molar-refractivity contribution < 1.29 is 4.74 Å². The van der Waals surface area contributed by atoms with E-state index in [2.05, 4.69) is 37.4 Å². The van der Waals surface area contributed by atoms with Crippen LogP contribution in [0.25, 0.3) is 0 Å². The molecule has 0 aromatic heterocycles. The third kappa shape index (κ3) is 6.58. The van der Waals surface area contributed by atoms with Gasteiger partial charge in [0, 0.05) is 6.04 Å². The maximum absolute atomic E-state index is 8.94. The Balaban J connectivity index is 2.16. The lowest BCUT2D eigenvalue weighted by molar-refractivity contribution is 0.271. The van der Waals surface area contributed by atoms with Crippen LogP contribution in [0.3, 0.4) is 0 Å². The van der Waals surface area contributed by atoms with Crippen LogP contribution in [0, 0.1) is 23.7 Å². The summed E-state index contributed by atoms with van der Waals surface area (Å²) in [6, 6.07) is 10.7. The van der Waals surface area contributed by atoms with E-state index in [1.165, 1.54) is 5.56 Å². The normalized spacial score (nSPS) is 12.8. The van der Waals surface area contributed by atoms with E-state index in [1.54, 1.807) is 0 Å². The quantitative estimate of drug-likeness (QED) is 0.735. The third-order valence-corrected chi connectivity index (χ3v) is 3.29. The predicted molar refractivity (Wildman–Crippen MR) is 82.8 cm³/mol. The van der Waals surface area contributed by atoms with Crippen molar-refractivity contribution in [3.8, 4) is 11.8 Å². The molecule has 0 heterocycles. The van der Waals surface area contributed by atoms with Crippen LogP contribution < -0.4 is 10.1 Å². The molecule has 0 radical (unpaired) electrons. The highest BCUT2D eigenvalue weighted by Gasteiger charge is 2.15. The van der Waals surface area contributed by atoms with Crippen molar-refractivity contribution in [1.29, 1.82) is 5.26 Å². The molecule has 1 atom stereocenters. The number of benzene rings is 1. The first-order valence-electron chi connectivity index (χ1n) is 7.27. The number of ether oxygens (including phenoxy) is 1. The molecule has 3 heteroatoms. The molecule has 0 aliphatic heterocycles. The van der Waals surface area contributed by atoms with Crippen LogP contribution in [-0.2, 0) is 0 Å². The van der Waals surface area contributed by atoms with Crippen LogP contribution in [-0.4, -0.2) is 19.2 Å². The Labute approximate surface area is 123 Å². The molecule has 1 rings (SSSR count). The number of rotatable bonds is 8. The van der Waals surface area contributed by atoms with Gasteiger partial charge in [-0.1, -0.05) is 17.7 Å². The molecule has 1 aromatic carbocycles. The third-order valence-electron chi connectivity index (χ3n) is 3.29. The molecule has 1 unspecified atom stereocenters. The molecule has 0 bridgehead atoms. The average Bonchev–Trinajstić information content (AvgIpc) is 2.43. The molecule has 0 saturated carbocycles. The van der Waals surface area contributed by atoms with Crippen LogP contribution in [0.5, 0.6) is 5.75 Å². The second-order valence-corrected chi connectivity index (χ2v) is 6.08. The van der Waals surface area contributed by atoms with Gasteiger partial charge in [0.1, 0.15) is 12.4 Å². The van der Waals surface area contributed by atoms with E-state index in [-0.39, 0.29) is 5.41 Å². The number of hydrogen-bond acceptors (Lipinski definition) is 3. The molecule has 1 aromatic rings. The first kappa shape index (κ1) is 16.5. The predicted octanol–water partition coefficient (Wildman–Crippen LogP) is 3.68. The van der Waals surface area contributed by atoms with Crippen LogP contribution in [0.1, 0.15) is 39.2 Å². The molecule has 20 heavy (non-hydrogen) atoms. The molecule has 0 spiro atoms. The van der Waals surface area contributed by atoms with E-state index in [0.717, 1.165) is 25.1 Å². The van der Waals surface area contributed by atoms with Gasteiger partial charge < -0.3 is 10.1 Å². The summed E-state index contributed by atoms with van der Waals surface area (Å²) >= 11 is 0. The van der Waals surface area contributed by atoms with Gasteiger partial charge in [-0.25, -0.2) is 0 Å². The summed E-state index contributed by atoms with van der Waals surface area (Å²) in [6.45, 7) is 9.72. The number of aryl methyl sites for hydroxylation is 1. The monoisotopic (exact) mass is 274 g/mol. The minimum Gasteiger partial charge on any atom is -0.492 e. The van der Waals surface area contributed by atoms with Crippen LogP contribution in [0.2, 0.25) is 0 Å². The highest BCUT2D eigenvalue weighted by Crippen LogP contribution is 2.20. The van der Waals surface area contributed by atoms with Crippen LogP contribution in [0.4, 0.5) is 0 Å². The van der Waals surface area contributed by atoms with E-state index in [1.807, 2.05) is 26.0 Å². The van der Waals surface area contributed by atoms with E-state index >= 15 is 0 Å². The topological polar surface area (TPSA) is 45.0 Å². The summed E-state index contributed by atoms with van der Waals surface area (Å²) in [5.74, 6) is 0.912. The SMILES string of the molecule is Cc1ccc(OCC(C)NCCCC(C)(C)C#N)cc1. The number of hydrogen-bond donors (Lipinski definition) is 1. The fourth-order valence-electron chi connectivity index (χ4n) is 1.85. The molecule has 0 aliphatic rings. The molecule has 3 nitrogen and oxygen atoms in total. The first-order chi connectivity index (χ1) is 9.43. The first-order valence-corrected chi connectivity index (χ1v) is 7.27. The second kappa shape index (κ2) is 7.91. The van der Waals surface area contributed by atoms with Gasteiger partial charge in [0.15, 0.2) is 0 Å². The zero-order valence-electron chi connectivity index (χ0n) is 13.1. The molecule has 0 amide bonds. The molecule has 1 N–H and O–H groups in total. The largest absolute Gasteiger partial charge is 0.492 e. The maximum atomic E-state index is 8.94. The fraction of sp³-hybridized carbons (Fsp3) is 0.588. The Morgan fingerprint density at radius 1 is 1.30 bits per heavy atom. The van der Waals surface area contributed by atoms with Gasteiger partial charge in [-0.05, 0) is 59.2 Å². The zero-order valence-corrected chi connectivity index (χ0v) is 13.1. The molecule has 0 saturated heterocycles. The Bertz CT molecular complexity index is 431. The Hall–Kier alpha value is -1.53. The fourth-order valence-corrected chi connectivity index (χ4v) is 1.85. The van der Waals surface area contributed by atoms with Gasteiger partial charge in [-0.3, -0.25) is 0 Å². The van der Waals surface area contributed by atoms with Crippen molar-refractivity contribution >= 4 is 0 Å². The summed E-state index contributed by atoms with van der Waals surface area (Å²) in [4.78, 5) is 0. The summed E-state index contributed by atoms with van der Waals surface area (Å²) in [7, 11) is 0. The minimum atomic E-state index is -0.219.